The highest BCUT2D eigenvalue weighted by atomic mass is 16.6. The van der Waals surface area contributed by atoms with E-state index in [2.05, 4.69) is 12.2 Å². The van der Waals surface area contributed by atoms with Gasteiger partial charge in [0.25, 0.3) is 0 Å². The lowest BCUT2D eigenvalue weighted by molar-refractivity contribution is -0.0110. The molecular formula is C30H53NO7. The Morgan fingerprint density at radius 1 is 0.579 bits per heavy atom. The number of hydrogen-bond donors (Lipinski definition) is 1. The van der Waals surface area contributed by atoms with Crippen LogP contribution in [0.3, 0.4) is 0 Å². The van der Waals surface area contributed by atoms with Gasteiger partial charge in [-0.1, -0.05) is 95.0 Å². The van der Waals surface area contributed by atoms with E-state index in [4.69, 9.17) is 28.4 Å². The van der Waals surface area contributed by atoms with Crippen LogP contribution >= 0.6 is 0 Å². The van der Waals surface area contributed by atoms with Gasteiger partial charge in [0.15, 0.2) is 0 Å². The van der Waals surface area contributed by atoms with Crippen molar-refractivity contribution in [3.05, 3.63) is 35.9 Å². The summed E-state index contributed by atoms with van der Waals surface area (Å²) in [5.74, 6) is 0. The maximum absolute atomic E-state index is 11.6. The van der Waals surface area contributed by atoms with Gasteiger partial charge in [0.05, 0.1) is 59.5 Å². The summed E-state index contributed by atoms with van der Waals surface area (Å²) < 4.78 is 32.6. The first-order chi connectivity index (χ1) is 18.8. The van der Waals surface area contributed by atoms with Gasteiger partial charge in [-0.15, -0.1) is 0 Å². The quantitative estimate of drug-likeness (QED) is 0.132. The Hall–Kier alpha value is -1.71. The summed E-state index contributed by atoms with van der Waals surface area (Å²) in [4.78, 5) is 11.6. The van der Waals surface area contributed by atoms with E-state index in [1.165, 1.54) is 57.8 Å². The minimum Gasteiger partial charge on any atom is -0.445 e. The van der Waals surface area contributed by atoms with E-state index in [-0.39, 0.29) is 6.61 Å². The maximum Gasteiger partial charge on any atom is 0.407 e. The topological polar surface area (TPSA) is 84.5 Å². The highest BCUT2D eigenvalue weighted by Crippen LogP contribution is 2.10. The Kier molecular flexibility index (Phi) is 25.6. The maximum atomic E-state index is 11.6. The number of benzene rings is 1. The number of ether oxygens (including phenoxy) is 6. The normalized spacial score (nSPS) is 11.1. The average molecular weight is 540 g/mol. The van der Waals surface area contributed by atoms with Crippen molar-refractivity contribution in [1.82, 2.24) is 5.32 Å². The molecule has 0 aliphatic rings. The minimum absolute atomic E-state index is 0.253. The van der Waals surface area contributed by atoms with Crippen molar-refractivity contribution in [2.45, 2.75) is 77.7 Å². The van der Waals surface area contributed by atoms with Crippen LogP contribution in [-0.4, -0.2) is 78.7 Å². The summed E-state index contributed by atoms with van der Waals surface area (Å²) >= 11 is 0. The molecule has 0 aromatic heterocycles. The molecule has 0 heterocycles. The molecule has 8 nitrogen and oxygen atoms in total. The van der Waals surface area contributed by atoms with Crippen molar-refractivity contribution >= 4 is 6.09 Å². The van der Waals surface area contributed by atoms with Crippen molar-refractivity contribution in [2.75, 3.05) is 72.6 Å². The Morgan fingerprint density at radius 2 is 1.03 bits per heavy atom. The Morgan fingerprint density at radius 3 is 1.55 bits per heavy atom. The van der Waals surface area contributed by atoms with Crippen LogP contribution in [0.15, 0.2) is 30.3 Å². The highest BCUT2D eigenvalue weighted by Gasteiger charge is 2.01. The predicted molar refractivity (Wildman–Crippen MR) is 151 cm³/mol. The second-order valence-electron chi connectivity index (χ2n) is 9.23. The molecule has 8 heteroatoms. The van der Waals surface area contributed by atoms with E-state index in [1.54, 1.807) is 0 Å². The number of nitrogens with one attached hydrogen (secondary N) is 1. The molecule has 1 aromatic carbocycles. The molecule has 0 unspecified atom stereocenters. The van der Waals surface area contributed by atoms with Crippen molar-refractivity contribution in [1.29, 1.82) is 0 Å². The zero-order valence-electron chi connectivity index (χ0n) is 23.8. The molecule has 0 bridgehead atoms. The molecule has 0 fully saturated rings. The lowest BCUT2D eigenvalue weighted by atomic mass is 10.1. The Bertz CT molecular complexity index is 618. The van der Waals surface area contributed by atoms with Crippen LogP contribution in [0.2, 0.25) is 0 Å². The number of amides is 1. The van der Waals surface area contributed by atoms with Crippen LogP contribution in [-0.2, 0) is 35.0 Å². The molecule has 0 saturated carbocycles. The molecule has 0 aliphatic carbocycles. The number of carbonyl (C=O) groups is 1. The predicted octanol–water partition coefficient (Wildman–Crippen LogP) is 5.92. The third-order valence-electron chi connectivity index (χ3n) is 5.86. The third kappa shape index (κ3) is 24.6. The number of alkyl carbamates (subject to hydrolysis) is 1. The first-order valence-corrected chi connectivity index (χ1v) is 14.7. The van der Waals surface area contributed by atoms with Crippen molar-refractivity contribution in [3.63, 3.8) is 0 Å². The molecule has 0 radical (unpaired) electrons. The Labute approximate surface area is 231 Å². The van der Waals surface area contributed by atoms with E-state index >= 15 is 0 Å². The summed E-state index contributed by atoms with van der Waals surface area (Å²) in [5.41, 5.74) is 0.951. The van der Waals surface area contributed by atoms with Crippen LogP contribution in [0.25, 0.3) is 0 Å². The van der Waals surface area contributed by atoms with E-state index in [9.17, 15) is 4.79 Å². The summed E-state index contributed by atoms with van der Waals surface area (Å²) in [7, 11) is 0. The first kappa shape index (κ1) is 34.3. The van der Waals surface area contributed by atoms with Crippen molar-refractivity contribution in [2.24, 2.45) is 0 Å². The van der Waals surface area contributed by atoms with E-state index < -0.39 is 6.09 Å². The summed E-state index contributed by atoms with van der Waals surface area (Å²) in [6.07, 6.45) is 13.0. The second-order valence-corrected chi connectivity index (χ2v) is 9.23. The molecule has 0 spiro atoms. The minimum atomic E-state index is -0.452. The van der Waals surface area contributed by atoms with Crippen LogP contribution in [0.5, 0.6) is 0 Å². The van der Waals surface area contributed by atoms with Gasteiger partial charge in [-0.2, -0.15) is 0 Å². The number of unbranched alkanes of at least 4 members (excludes halogenated alkanes) is 9. The van der Waals surface area contributed by atoms with Gasteiger partial charge >= 0.3 is 6.09 Å². The molecule has 0 saturated heterocycles. The summed E-state index contributed by atoms with van der Waals surface area (Å²) in [5, 5.41) is 2.65. The van der Waals surface area contributed by atoms with E-state index in [0.29, 0.717) is 66.0 Å². The molecule has 0 atom stereocenters. The van der Waals surface area contributed by atoms with Crippen LogP contribution < -0.4 is 5.32 Å². The molecule has 220 valence electrons. The zero-order valence-corrected chi connectivity index (χ0v) is 23.8. The molecular weight excluding hydrogens is 486 g/mol. The summed E-state index contributed by atoms with van der Waals surface area (Å²) in [6.45, 7) is 8.47. The molecule has 1 rings (SSSR count). The van der Waals surface area contributed by atoms with Crippen LogP contribution in [0.4, 0.5) is 4.79 Å². The van der Waals surface area contributed by atoms with E-state index in [1.807, 2.05) is 30.3 Å². The molecule has 38 heavy (non-hydrogen) atoms. The van der Waals surface area contributed by atoms with Crippen LogP contribution in [0, 0.1) is 0 Å². The lowest BCUT2D eigenvalue weighted by Crippen LogP contribution is -2.28. The standard InChI is InChI=1S/C30H53NO7/c1-2-3-4-5-6-7-8-9-10-14-18-33-20-22-35-24-26-37-27-25-36-23-21-34-19-17-31-30(32)38-28-29-15-12-11-13-16-29/h11-13,15-16H,2-10,14,17-28H2,1H3,(H,31,32). The highest BCUT2D eigenvalue weighted by molar-refractivity contribution is 5.67. The SMILES string of the molecule is CCCCCCCCCCCCOCCOCCOCCOCCOCCNC(=O)OCc1ccccc1. The van der Waals surface area contributed by atoms with Gasteiger partial charge in [-0.05, 0) is 12.0 Å². The number of rotatable bonds is 28. The average Bonchev–Trinajstić information content (AvgIpc) is 2.94. The summed E-state index contributed by atoms with van der Waals surface area (Å²) in [6, 6.07) is 9.55. The first-order valence-electron chi connectivity index (χ1n) is 14.7. The fourth-order valence-electron chi connectivity index (χ4n) is 3.67. The zero-order chi connectivity index (χ0) is 27.2. The fraction of sp³-hybridized carbons (Fsp3) is 0.767. The van der Waals surface area contributed by atoms with Gasteiger partial charge < -0.3 is 33.7 Å². The Balaban J connectivity index is 1.67. The number of carbonyl (C=O) groups excluding carboxylic acids is 1. The van der Waals surface area contributed by atoms with Gasteiger partial charge in [-0.3, -0.25) is 0 Å². The largest absolute Gasteiger partial charge is 0.445 e. The van der Waals surface area contributed by atoms with Gasteiger partial charge in [0, 0.05) is 13.2 Å². The van der Waals surface area contributed by atoms with Gasteiger partial charge in [0.1, 0.15) is 6.61 Å². The van der Waals surface area contributed by atoms with Crippen LogP contribution in [0.1, 0.15) is 76.7 Å². The van der Waals surface area contributed by atoms with Crippen molar-refractivity contribution < 1.29 is 33.2 Å². The number of hydrogen-bond acceptors (Lipinski definition) is 7. The monoisotopic (exact) mass is 539 g/mol. The molecule has 1 N–H and O–H groups in total. The smallest absolute Gasteiger partial charge is 0.407 e. The van der Waals surface area contributed by atoms with E-state index in [0.717, 1.165) is 18.6 Å². The lowest BCUT2D eigenvalue weighted by Gasteiger charge is -2.09. The molecule has 1 amide bonds. The third-order valence-corrected chi connectivity index (χ3v) is 5.86. The molecule has 0 aliphatic heterocycles. The molecule has 1 aromatic rings. The second kappa shape index (κ2) is 28.3. The van der Waals surface area contributed by atoms with Gasteiger partial charge in [-0.25, -0.2) is 4.79 Å². The van der Waals surface area contributed by atoms with Gasteiger partial charge in [0.2, 0.25) is 0 Å². The van der Waals surface area contributed by atoms with Crippen molar-refractivity contribution in [3.8, 4) is 0 Å². The fourth-order valence-corrected chi connectivity index (χ4v) is 3.67.